The number of fused-ring (bicyclic) bond motifs is 1. The summed E-state index contributed by atoms with van der Waals surface area (Å²) in [6.07, 6.45) is 0. The van der Waals surface area contributed by atoms with Crippen LogP contribution < -0.4 is 11.1 Å². The number of H-pyrrole nitrogens is 3. The minimum Gasteiger partial charge on any atom is -0.307 e. The van der Waals surface area contributed by atoms with Crippen molar-refractivity contribution in [2.75, 3.05) is 0 Å². The number of aromatic nitrogens is 3. The van der Waals surface area contributed by atoms with Gasteiger partial charge in [0, 0.05) is 6.07 Å². The Labute approximate surface area is 60.1 Å². The fourth-order valence-corrected chi connectivity index (χ4v) is 0.949. The van der Waals surface area contributed by atoms with Crippen molar-refractivity contribution in [2.45, 2.75) is 0 Å². The van der Waals surface area contributed by atoms with Crippen molar-refractivity contribution in [2.24, 2.45) is 0 Å². The average Bonchev–Trinajstić information content (AvgIpc) is 2.32. The third kappa shape index (κ3) is 0.778. The molecular formula is C6H5N3O2. The second kappa shape index (κ2) is 1.85. The Morgan fingerprint density at radius 2 is 1.91 bits per heavy atom. The molecule has 0 bridgehead atoms. The van der Waals surface area contributed by atoms with Gasteiger partial charge >= 0.3 is 0 Å². The maximum absolute atomic E-state index is 10.9. The summed E-state index contributed by atoms with van der Waals surface area (Å²) in [4.78, 5) is 24.1. The first-order chi connectivity index (χ1) is 5.27. The highest BCUT2D eigenvalue weighted by Gasteiger charge is 1.98. The van der Waals surface area contributed by atoms with Crippen molar-refractivity contribution in [1.29, 1.82) is 0 Å². The summed E-state index contributed by atoms with van der Waals surface area (Å²) in [6, 6.07) is 2.79. The Morgan fingerprint density at radius 3 is 2.73 bits per heavy atom. The molecule has 0 aromatic carbocycles. The molecule has 2 aromatic heterocycles. The van der Waals surface area contributed by atoms with Crippen LogP contribution in [0, 0.1) is 0 Å². The highest BCUT2D eigenvalue weighted by Crippen LogP contribution is 1.95. The lowest BCUT2D eigenvalue weighted by Gasteiger charge is -1.82. The van der Waals surface area contributed by atoms with Crippen LogP contribution in [0.1, 0.15) is 0 Å². The predicted molar refractivity (Wildman–Crippen MR) is 39.5 cm³/mol. The lowest BCUT2D eigenvalue weighted by molar-refractivity contribution is 1.06. The van der Waals surface area contributed by atoms with Gasteiger partial charge in [-0.15, -0.1) is 0 Å². The lowest BCUT2D eigenvalue weighted by atomic mass is 10.3. The molecule has 2 aromatic rings. The molecule has 0 radical (unpaired) electrons. The number of aromatic amines is 3. The van der Waals surface area contributed by atoms with Gasteiger partial charge in [-0.25, -0.2) is 0 Å². The third-order valence-corrected chi connectivity index (χ3v) is 1.46. The molecule has 0 spiro atoms. The smallest absolute Gasteiger partial charge is 0.273 e. The molecule has 0 aliphatic carbocycles. The molecule has 2 rings (SSSR count). The third-order valence-electron chi connectivity index (χ3n) is 1.46. The maximum atomic E-state index is 10.9. The fraction of sp³-hybridized carbons (Fsp3) is 0. The standard InChI is InChI=1S/C6H5N3O2/c10-4-2-1-3-5(7-4)8-9-6(3)11/h1-2H,(H3,7,8,9,10,11). The van der Waals surface area contributed by atoms with E-state index in [2.05, 4.69) is 15.2 Å². The molecule has 0 saturated carbocycles. The molecule has 5 heteroatoms. The van der Waals surface area contributed by atoms with E-state index in [0.717, 1.165) is 0 Å². The van der Waals surface area contributed by atoms with Crippen LogP contribution in [-0.2, 0) is 0 Å². The first-order valence-corrected chi connectivity index (χ1v) is 3.07. The number of rotatable bonds is 0. The van der Waals surface area contributed by atoms with Crippen molar-refractivity contribution in [3.8, 4) is 0 Å². The van der Waals surface area contributed by atoms with Gasteiger partial charge in [0.2, 0.25) is 5.56 Å². The highest BCUT2D eigenvalue weighted by molar-refractivity contribution is 5.72. The monoisotopic (exact) mass is 151 g/mol. The highest BCUT2D eigenvalue weighted by atomic mass is 16.1. The first kappa shape index (κ1) is 5.96. The second-order valence-electron chi connectivity index (χ2n) is 2.19. The first-order valence-electron chi connectivity index (χ1n) is 3.07. The molecule has 0 unspecified atom stereocenters. The largest absolute Gasteiger partial charge is 0.307 e. The van der Waals surface area contributed by atoms with Gasteiger partial charge in [-0.2, -0.15) is 0 Å². The number of hydrogen-bond donors (Lipinski definition) is 3. The predicted octanol–water partition coefficient (Wildman–Crippen LogP) is -0.456. The van der Waals surface area contributed by atoms with Gasteiger partial charge in [0.25, 0.3) is 5.56 Å². The summed E-state index contributed by atoms with van der Waals surface area (Å²) in [6.45, 7) is 0. The van der Waals surface area contributed by atoms with Crippen molar-refractivity contribution in [3.05, 3.63) is 32.8 Å². The van der Waals surface area contributed by atoms with E-state index in [1.807, 2.05) is 0 Å². The molecule has 3 N–H and O–H groups in total. The normalized spacial score (nSPS) is 10.5. The van der Waals surface area contributed by atoms with E-state index in [1.54, 1.807) is 0 Å². The Morgan fingerprint density at radius 1 is 1.09 bits per heavy atom. The summed E-state index contributed by atoms with van der Waals surface area (Å²) in [5, 5.41) is 5.35. The molecule has 11 heavy (non-hydrogen) atoms. The summed E-state index contributed by atoms with van der Waals surface area (Å²) < 4.78 is 0. The summed E-state index contributed by atoms with van der Waals surface area (Å²) in [5.41, 5.74) is -0.0218. The SMILES string of the molecule is O=c1ccc2c(=O)[nH][nH]c2[nH]1. The molecule has 0 aliphatic heterocycles. The van der Waals surface area contributed by atoms with Crippen molar-refractivity contribution < 1.29 is 0 Å². The molecule has 0 atom stereocenters. The van der Waals surface area contributed by atoms with Crippen LogP contribution in [0.2, 0.25) is 0 Å². The molecule has 5 nitrogen and oxygen atoms in total. The molecular weight excluding hydrogens is 146 g/mol. The van der Waals surface area contributed by atoms with Crippen molar-refractivity contribution in [3.63, 3.8) is 0 Å². The van der Waals surface area contributed by atoms with Gasteiger partial charge in [0.1, 0.15) is 5.65 Å². The van der Waals surface area contributed by atoms with Crippen LogP contribution in [0.5, 0.6) is 0 Å². The summed E-state index contributed by atoms with van der Waals surface area (Å²) in [7, 11) is 0. The number of pyridine rings is 1. The Hall–Kier alpha value is -1.78. The topological polar surface area (TPSA) is 81.5 Å². The lowest BCUT2D eigenvalue weighted by Crippen LogP contribution is -2.03. The van der Waals surface area contributed by atoms with E-state index in [4.69, 9.17) is 0 Å². The van der Waals surface area contributed by atoms with Crippen LogP contribution in [0.4, 0.5) is 0 Å². The zero-order chi connectivity index (χ0) is 7.84. The van der Waals surface area contributed by atoms with Crippen LogP contribution >= 0.6 is 0 Å². The van der Waals surface area contributed by atoms with E-state index in [0.29, 0.717) is 11.0 Å². The molecule has 0 amide bonds. The second-order valence-corrected chi connectivity index (χ2v) is 2.19. The van der Waals surface area contributed by atoms with Crippen LogP contribution in [-0.4, -0.2) is 15.2 Å². The van der Waals surface area contributed by atoms with Crippen molar-refractivity contribution >= 4 is 11.0 Å². The van der Waals surface area contributed by atoms with E-state index in [9.17, 15) is 9.59 Å². The fourth-order valence-electron chi connectivity index (χ4n) is 0.949. The van der Waals surface area contributed by atoms with E-state index < -0.39 is 0 Å². The minimum absolute atomic E-state index is 0.226. The van der Waals surface area contributed by atoms with E-state index >= 15 is 0 Å². The van der Waals surface area contributed by atoms with Gasteiger partial charge in [-0.05, 0) is 6.07 Å². The number of hydrogen-bond acceptors (Lipinski definition) is 2. The van der Waals surface area contributed by atoms with Crippen LogP contribution in [0.25, 0.3) is 11.0 Å². The molecule has 2 heterocycles. The van der Waals surface area contributed by atoms with E-state index in [1.165, 1.54) is 12.1 Å². The van der Waals surface area contributed by atoms with Gasteiger partial charge in [0.15, 0.2) is 0 Å². The van der Waals surface area contributed by atoms with Gasteiger partial charge < -0.3 is 4.98 Å². The Balaban J connectivity index is 3.08. The summed E-state index contributed by atoms with van der Waals surface area (Å²) >= 11 is 0. The zero-order valence-electron chi connectivity index (χ0n) is 5.47. The maximum Gasteiger partial charge on any atom is 0.273 e. The van der Waals surface area contributed by atoms with Crippen LogP contribution in [0.3, 0.4) is 0 Å². The summed E-state index contributed by atoms with van der Waals surface area (Å²) in [5.74, 6) is 0. The quantitative estimate of drug-likeness (QED) is 0.476. The van der Waals surface area contributed by atoms with Gasteiger partial charge in [-0.1, -0.05) is 0 Å². The minimum atomic E-state index is -0.229. The van der Waals surface area contributed by atoms with Crippen molar-refractivity contribution in [1.82, 2.24) is 15.2 Å². The molecule has 0 aliphatic rings. The average molecular weight is 151 g/mol. The van der Waals surface area contributed by atoms with Gasteiger partial charge in [0.05, 0.1) is 5.39 Å². The molecule has 56 valence electrons. The zero-order valence-corrected chi connectivity index (χ0v) is 5.47. The number of nitrogens with one attached hydrogen (secondary N) is 3. The Bertz CT molecular complexity index is 490. The molecule has 0 fully saturated rings. The Kier molecular flexibility index (Phi) is 1.00. The van der Waals surface area contributed by atoms with E-state index in [-0.39, 0.29) is 11.1 Å². The van der Waals surface area contributed by atoms with Gasteiger partial charge in [-0.3, -0.25) is 19.8 Å². The molecule has 0 saturated heterocycles. The van der Waals surface area contributed by atoms with Crippen LogP contribution in [0.15, 0.2) is 21.7 Å².